The van der Waals surface area contributed by atoms with E-state index in [4.69, 9.17) is 28.4 Å². The molecule has 8 heteroatoms. The van der Waals surface area contributed by atoms with Crippen molar-refractivity contribution in [1.29, 1.82) is 0 Å². The molecule has 0 amide bonds. The molecule has 0 aliphatic carbocycles. The van der Waals surface area contributed by atoms with Crippen LogP contribution in [0.4, 0.5) is 11.4 Å². The van der Waals surface area contributed by atoms with Crippen LogP contribution in [0, 0.1) is 0 Å². The molecule has 4 fully saturated rings. The minimum atomic E-state index is -0.194. The number of hydrogen-bond donors (Lipinski definition) is 0. The summed E-state index contributed by atoms with van der Waals surface area (Å²) < 4.78 is 34.3. The average molecular weight is 635 g/mol. The molecule has 4 aromatic carbocycles. The molecule has 47 heavy (non-hydrogen) atoms. The van der Waals surface area contributed by atoms with Gasteiger partial charge in [-0.1, -0.05) is 38.1 Å². The zero-order valence-electron chi connectivity index (χ0n) is 27.0. The Morgan fingerprint density at radius 2 is 0.723 bits per heavy atom. The van der Waals surface area contributed by atoms with Gasteiger partial charge in [0.15, 0.2) is 0 Å². The van der Waals surface area contributed by atoms with Gasteiger partial charge in [0.2, 0.25) is 0 Å². The lowest BCUT2D eigenvalue weighted by molar-refractivity contribution is 0.388. The first-order valence-corrected chi connectivity index (χ1v) is 16.7. The molecule has 4 heterocycles. The van der Waals surface area contributed by atoms with Crippen molar-refractivity contribution in [3.05, 3.63) is 108 Å². The Morgan fingerprint density at radius 3 is 0.979 bits per heavy atom. The molecule has 4 atom stereocenters. The number of epoxide rings is 4. The van der Waals surface area contributed by atoms with Crippen molar-refractivity contribution in [2.45, 2.75) is 43.7 Å². The van der Waals surface area contributed by atoms with Gasteiger partial charge in [0, 0.05) is 43.0 Å². The number of rotatable bonds is 16. The van der Waals surface area contributed by atoms with E-state index in [-0.39, 0.29) is 5.41 Å². The molecule has 4 saturated heterocycles. The molecular formula is C39H42N2O6. The Balaban J connectivity index is 0.870. The van der Waals surface area contributed by atoms with Crippen LogP contribution < -0.4 is 19.3 Å². The third-order valence-electron chi connectivity index (χ3n) is 9.33. The van der Waals surface area contributed by atoms with E-state index in [9.17, 15) is 0 Å². The van der Waals surface area contributed by atoms with Crippen LogP contribution >= 0.6 is 0 Å². The zero-order valence-corrected chi connectivity index (χ0v) is 27.0. The molecule has 0 bridgehead atoms. The first-order valence-electron chi connectivity index (χ1n) is 16.7. The molecule has 8 rings (SSSR count). The van der Waals surface area contributed by atoms with E-state index in [0.717, 1.165) is 87.0 Å². The van der Waals surface area contributed by atoms with Gasteiger partial charge in [-0.2, -0.15) is 0 Å². The lowest BCUT2D eigenvalue weighted by Crippen LogP contribution is -2.31. The third-order valence-corrected chi connectivity index (χ3v) is 9.33. The number of hydrogen-bond acceptors (Lipinski definition) is 8. The molecule has 4 aliphatic heterocycles. The highest BCUT2D eigenvalue weighted by Crippen LogP contribution is 2.35. The summed E-state index contributed by atoms with van der Waals surface area (Å²) in [5.41, 5.74) is 4.55. The molecule has 8 nitrogen and oxygen atoms in total. The van der Waals surface area contributed by atoms with Gasteiger partial charge in [-0.3, -0.25) is 0 Å². The summed E-state index contributed by atoms with van der Waals surface area (Å²) in [6.07, 6.45) is 1.33. The maximum absolute atomic E-state index is 6.21. The van der Waals surface area contributed by atoms with Crippen LogP contribution in [0.5, 0.6) is 23.0 Å². The van der Waals surface area contributed by atoms with E-state index in [0.29, 0.717) is 24.4 Å². The summed E-state index contributed by atoms with van der Waals surface area (Å²) in [5, 5.41) is 0. The van der Waals surface area contributed by atoms with E-state index in [1.54, 1.807) is 0 Å². The van der Waals surface area contributed by atoms with Crippen LogP contribution in [0.15, 0.2) is 97.1 Å². The van der Waals surface area contributed by atoms with Gasteiger partial charge in [-0.15, -0.1) is 0 Å². The van der Waals surface area contributed by atoms with Crippen LogP contribution in [-0.2, 0) is 24.4 Å². The summed E-state index contributed by atoms with van der Waals surface area (Å²) in [5.74, 6) is 3.25. The van der Waals surface area contributed by atoms with E-state index >= 15 is 0 Å². The van der Waals surface area contributed by atoms with Crippen molar-refractivity contribution < 1.29 is 28.4 Å². The van der Waals surface area contributed by atoms with E-state index in [1.807, 2.05) is 48.5 Å². The summed E-state index contributed by atoms with van der Waals surface area (Å²) in [6, 6.07) is 33.4. The van der Waals surface area contributed by atoms with Crippen molar-refractivity contribution in [2.24, 2.45) is 0 Å². The van der Waals surface area contributed by atoms with Gasteiger partial charge in [-0.25, -0.2) is 0 Å². The SMILES string of the molecule is CC(C)(c1ccc(Oc2ccc(N(CC3CO3)CC3CO3)cc2)cc1)c1ccc(Oc2ccc(N(CC3CO3)CC3CO3)cc2)cc1. The average Bonchev–Trinajstić information content (AvgIpc) is 3.89. The zero-order chi connectivity index (χ0) is 31.8. The summed E-state index contributed by atoms with van der Waals surface area (Å²) in [6.45, 7) is 11.5. The number of nitrogens with zero attached hydrogens (tertiary/aromatic N) is 2. The molecule has 4 aliphatic rings. The molecule has 0 N–H and O–H groups in total. The highest BCUT2D eigenvalue weighted by Gasteiger charge is 2.32. The molecule has 4 aromatic rings. The van der Waals surface area contributed by atoms with Gasteiger partial charge in [-0.05, 0) is 83.9 Å². The van der Waals surface area contributed by atoms with Crippen LogP contribution in [0.25, 0.3) is 0 Å². The van der Waals surface area contributed by atoms with Crippen LogP contribution in [0.1, 0.15) is 25.0 Å². The Kier molecular flexibility index (Phi) is 8.27. The lowest BCUT2D eigenvalue weighted by Gasteiger charge is -2.26. The molecular weight excluding hydrogens is 592 g/mol. The molecule has 0 saturated carbocycles. The monoisotopic (exact) mass is 634 g/mol. The fraction of sp³-hybridized carbons (Fsp3) is 0.385. The second-order valence-corrected chi connectivity index (χ2v) is 13.5. The van der Waals surface area contributed by atoms with E-state index in [1.165, 1.54) is 11.1 Å². The minimum absolute atomic E-state index is 0.194. The Bertz CT molecular complexity index is 1470. The van der Waals surface area contributed by atoms with Gasteiger partial charge >= 0.3 is 0 Å². The van der Waals surface area contributed by atoms with Crippen LogP contribution in [0.2, 0.25) is 0 Å². The van der Waals surface area contributed by atoms with Crippen molar-refractivity contribution in [3.63, 3.8) is 0 Å². The van der Waals surface area contributed by atoms with Gasteiger partial charge < -0.3 is 38.2 Å². The second kappa shape index (κ2) is 12.8. The van der Waals surface area contributed by atoms with Crippen LogP contribution in [-0.4, -0.2) is 77.0 Å². The molecule has 244 valence electrons. The normalized spacial score (nSPS) is 22.3. The quantitative estimate of drug-likeness (QED) is 0.125. The number of benzene rings is 4. The highest BCUT2D eigenvalue weighted by molar-refractivity contribution is 5.52. The molecule has 4 unspecified atom stereocenters. The first-order chi connectivity index (χ1) is 22.9. The van der Waals surface area contributed by atoms with Crippen LogP contribution in [0.3, 0.4) is 0 Å². The van der Waals surface area contributed by atoms with Gasteiger partial charge in [0.25, 0.3) is 0 Å². The smallest absolute Gasteiger partial charge is 0.127 e. The summed E-state index contributed by atoms with van der Waals surface area (Å²) in [7, 11) is 0. The second-order valence-electron chi connectivity index (χ2n) is 13.5. The Morgan fingerprint density at radius 1 is 0.468 bits per heavy atom. The van der Waals surface area contributed by atoms with Gasteiger partial charge in [0.05, 0.1) is 50.8 Å². The van der Waals surface area contributed by atoms with Crippen molar-refractivity contribution >= 4 is 11.4 Å². The fourth-order valence-electron chi connectivity index (χ4n) is 6.02. The first kappa shape index (κ1) is 30.3. The highest BCUT2D eigenvalue weighted by atomic mass is 16.6. The molecule has 0 radical (unpaired) electrons. The topological polar surface area (TPSA) is 75.1 Å². The Hall–Kier alpha value is -4.08. The largest absolute Gasteiger partial charge is 0.457 e. The number of ether oxygens (including phenoxy) is 6. The van der Waals surface area contributed by atoms with Crippen molar-refractivity contribution in [3.8, 4) is 23.0 Å². The number of anilines is 2. The summed E-state index contributed by atoms with van der Waals surface area (Å²) in [4.78, 5) is 4.69. The predicted octanol–water partition coefficient (Wildman–Crippen LogP) is 6.81. The van der Waals surface area contributed by atoms with Crippen molar-refractivity contribution in [1.82, 2.24) is 0 Å². The molecule has 0 spiro atoms. The van der Waals surface area contributed by atoms with E-state index < -0.39 is 0 Å². The Labute approximate surface area is 276 Å². The fourth-order valence-corrected chi connectivity index (χ4v) is 6.02. The predicted molar refractivity (Wildman–Crippen MR) is 181 cm³/mol. The summed E-state index contributed by atoms with van der Waals surface area (Å²) >= 11 is 0. The van der Waals surface area contributed by atoms with E-state index in [2.05, 4.69) is 72.2 Å². The third kappa shape index (κ3) is 7.91. The standard InChI is InChI=1S/C39H42N2O6/c1-39(2,27-3-11-31(12-4-27)46-33-15-7-29(8-16-33)40(19-35-23-42-35)20-36-24-43-36)28-5-13-32(14-6-28)47-34-17-9-30(10-18-34)41(21-37-25-44-37)22-38-26-45-38/h3-18,35-38H,19-26H2,1-2H3. The van der Waals surface area contributed by atoms with Crippen molar-refractivity contribution in [2.75, 3.05) is 62.4 Å². The minimum Gasteiger partial charge on any atom is -0.457 e. The molecule has 0 aromatic heterocycles. The maximum Gasteiger partial charge on any atom is 0.127 e. The maximum atomic E-state index is 6.21. The van der Waals surface area contributed by atoms with Gasteiger partial charge in [0.1, 0.15) is 23.0 Å². The lowest BCUT2D eigenvalue weighted by atomic mass is 9.78.